The summed E-state index contributed by atoms with van der Waals surface area (Å²) in [5, 5.41) is 16.0. The van der Waals surface area contributed by atoms with E-state index in [1.165, 1.54) is 0 Å². The fraction of sp³-hybridized carbons (Fsp3) is 0.640. The standard InChI is InChI=1S/C25H35N3O4S/c1-6-11-26-21(30)18-19-23(32)28(16(4)13-29)20(25(19)10-9-24(18,5)33-25)22(31)27-17-12-14(2)7-8-15(17)3/h7-8,12,16,18-20,29H,6,9-11,13H2,1-5H3,(H,26,30)(H,27,31)/t16-,18-,19+,20?,24+,25?/m1/s1. The highest BCUT2D eigenvalue weighted by atomic mass is 32.2. The molecule has 3 aliphatic heterocycles. The van der Waals surface area contributed by atoms with E-state index >= 15 is 0 Å². The van der Waals surface area contributed by atoms with Gasteiger partial charge in [-0.3, -0.25) is 14.4 Å². The molecule has 6 atom stereocenters. The van der Waals surface area contributed by atoms with Crippen molar-refractivity contribution in [2.75, 3.05) is 18.5 Å². The van der Waals surface area contributed by atoms with Crippen LogP contribution >= 0.6 is 11.8 Å². The highest BCUT2D eigenvalue weighted by Gasteiger charge is 2.77. The van der Waals surface area contributed by atoms with Crippen LogP contribution in [0.1, 0.15) is 51.2 Å². The Hall–Kier alpha value is -2.06. The second-order valence-electron chi connectivity index (χ2n) is 10.1. The minimum absolute atomic E-state index is 0.0982. The van der Waals surface area contributed by atoms with Crippen LogP contribution in [0.15, 0.2) is 18.2 Å². The molecule has 3 aliphatic rings. The number of carbonyl (C=O) groups is 3. The lowest BCUT2D eigenvalue weighted by molar-refractivity contribution is -0.142. The van der Waals surface area contributed by atoms with E-state index < -0.39 is 28.7 Å². The smallest absolute Gasteiger partial charge is 0.248 e. The van der Waals surface area contributed by atoms with Crippen molar-refractivity contribution < 1.29 is 19.5 Å². The van der Waals surface area contributed by atoms with Crippen molar-refractivity contribution in [3.8, 4) is 0 Å². The van der Waals surface area contributed by atoms with Gasteiger partial charge in [0.15, 0.2) is 0 Å². The number of amides is 3. The predicted octanol–water partition coefficient (Wildman–Crippen LogP) is 2.63. The first-order valence-corrected chi connectivity index (χ1v) is 12.7. The van der Waals surface area contributed by atoms with E-state index in [0.717, 1.165) is 29.7 Å². The van der Waals surface area contributed by atoms with Crippen LogP contribution in [0.2, 0.25) is 0 Å². The number of anilines is 1. The van der Waals surface area contributed by atoms with E-state index in [9.17, 15) is 19.5 Å². The predicted molar refractivity (Wildman–Crippen MR) is 130 cm³/mol. The Morgan fingerprint density at radius 1 is 1.27 bits per heavy atom. The zero-order chi connectivity index (χ0) is 24.1. The first-order valence-electron chi connectivity index (χ1n) is 11.9. The van der Waals surface area contributed by atoms with Crippen molar-refractivity contribution in [3.63, 3.8) is 0 Å². The Bertz CT molecular complexity index is 984. The molecule has 2 bridgehead atoms. The lowest BCUT2D eigenvalue weighted by atomic mass is 9.66. The molecule has 2 unspecified atom stereocenters. The van der Waals surface area contributed by atoms with E-state index in [1.54, 1.807) is 23.6 Å². The molecule has 8 heteroatoms. The molecule has 1 aromatic carbocycles. The number of hydrogen-bond donors (Lipinski definition) is 3. The Morgan fingerprint density at radius 3 is 2.67 bits per heavy atom. The van der Waals surface area contributed by atoms with Crippen LogP contribution in [0.4, 0.5) is 5.69 Å². The summed E-state index contributed by atoms with van der Waals surface area (Å²) in [4.78, 5) is 42.5. The fourth-order valence-corrected chi connectivity index (χ4v) is 8.40. The van der Waals surface area contributed by atoms with Gasteiger partial charge in [-0.15, -0.1) is 11.8 Å². The van der Waals surface area contributed by atoms with Gasteiger partial charge in [-0.05, 0) is 64.2 Å². The van der Waals surface area contributed by atoms with Gasteiger partial charge in [-0.2, -0.15) is 0 Å². The highest BCUT2D eigenvalue weighted by Crippen LogP contribution is 2.71. The maximum Gasteiger partial charge on any atom is 0.248 e. The monoisotopic (exact) mass is 473 g/mol. The number of carbonyl (C=O) groups excluding carboxylic acids is 3. The van der Waals surface area contributed by atoms with Gasteiger partial charge in [0.25, 0.3) is 0 Å². The van der Waals surface area contributed by atoms with E-state index in [4.69, 9.17) is 0 Å². The van der Waals surface area contributed by atoms with Crippen molar-refractivity contribution in [2.24, 2.45) is 11.8 Å². The Balaban J connectivity index is 1.74. The molecule has 0 saturated carbocycles. The number of aliphatic hydroxyl groups excluding tert-OH is 1. The van der Waals surface area contributed by atoms with Crippen molar-refractivity contribution in [1.82, 2.24) is 10.2 Å². The number of hydrogen-bond acceptors (Lipinski definition) is 5. The van der Waals surface area contributed by atoms with Gasteiger partial charge in [0.05, 0.1) is 29.2 Å². The highest BCUT2D eigenvalue weighted by molar-refractivity contribution is 8.02. The lowest BCUT2D eigenvalue weighted by Crippen LogP contribution is -2.54. The van der Waals surface area contributed by atoms with Crippen molar-refractivity contribution in [1.29, 1.82) is 0 Å². The number of nitrogens with one attached hydrogen (secondary N) is 2. The number of fused-ring (bicyclic) bond motifs is 1. The van der Waals surface area contributed by atoms with E-state index in [1.807, 2.05) is 39.0 Å². The minimum Gasteiger partial charge on any atom is -0.394 e. The third-order valence-electron chi connectivity index (χ3n) is 7.68. The number of thioether (sulfide) groups is 1. The second kappa shape index (κ2) is 8.62. The molecule has 3 heterocycles. The quantitative estimate of drug-likeness (QED) is 0.566. The van der Waals surface area contributed by atoms with Gasteiger partial charge < -0.3 is 20.6 Å². The molecule has 1 aromatic rings. The zero-order valence-electron chi connectivity index (χ0n) is 20.1. The first-order chi connectivity index (χ1) is 15.6. The van der Waals surface area contributed by atoms with Gasteiger partial charge in [0.2, 0.25) is 17.7 Å². The molecule has 0 aromatic heterocycles. The molecule has 7 nitrogen and oxygen atoms in total. The summed E-state index contributed by atoms with van der Waals surface area (Å²) in [6.45, 7) is 10.1. The molecular weight excluding hydrogens is 438 g/mol. The largest absolute Gasteiger partial charge is 0.394 e. The number of benzene rings is 1. The fourth-order valence-electron chi connectivity index (χ4n) is 6.06. The summed E-state index contributed by atoms with van der Waals surface area (Å²) >= 11 is 1.65. The summed E-state index contributed by atoms with van der Waals surface area (Å²) < 4.78 is -1.06. The minimum atomic E-state index is -0.743. The third-order valence-corrected chi connectivity index (χ3v) is 9.67. The number of aliphatic hydroxyl groups is 1. The average Bonchev–Trinajstić information content (AvgIpc) is 3.34. The normalized spacial score (nSPS) is 33.2. The number of rotatable bonds is 7. The first kappa shape index (κ1) is 24.1. The van der Waals surface area contributed by atoms with Crippen molar-refractivity contribution in [3.05, 3.63) is 29.3 Å². The van der Waals surface area contributed by atoms with Gasteiger partial charge >= 0.3 is 0 Å². The molecule has 3 N–H and O–H groups in total. The molecule has 180 valence electrons. The Morgan fingerprint density at radius 2 is 2.00 bits per heavy atom. The molecule has 3 saturated heterocycles. The van der Waals surface area contributed by atoms with E-state index in [2.05, 4.69) is 17.6 Å². The lowest BCUT2D eigenvalue weighted by Gasteiger charge is -2.36. The molecule has 0 aliphatic carbocycles. The maximum absolute atomic E-state index is 13.8. The van der Waals surface area contributed by atoms with Crippen LogP contribution in [-0.4, -0.2) is 62.5 Å². The van der Waals surface area contributed by atoms with Crippen LogP contribution in [0.3, 0.4) is 0 Å². The van der Waals surface area contributed by atoms with Gasteiger partial charge in [0, 0.05) is 17.0 Å². The molecule has 3 fully saturated rings. The number of likely N-dealkylation sites (tertiary alicyclic amines) is 1. The zero-order valence-corrected chi connectivity index (χ0v) is 20.9. The van der Waals surface area contributed by atoms with Crippen LogP contribution < -0.4 is 10.6 Å². The molecular formula is C25H35N3O4S. The summed E-state index contributed by atoms with van der Waals surface area (Å²) in [6, 6.07) is 4.63. The van der Waals surface area contributed by atoms with Crippen LogP contribution in [0.25, 0.3) is 0 Å². The van der Waals surface area contributed by atoms with E-state index in [-0.39, 0.29) is 29.1 Å². The Labute approximate surface area is 200 Å². The van der Waals surface area contributed by atoms with Gasteiger partial charge in [-0.1, -0.05) is 19.1 Å². The molecule has 4 rings (SSSR count). The third kappa shape index (κ3) is 3.66. The van der Waals surface area contributed by atoms with Crippen molar-refractivity contribution >= 4 is 35.2 Å². The summed E-state index contributed by atoms with van der Waals surface area (Å²) in [7, 11) is 0. The van der Waals surface area contributed by atoms with Crippen molar-refractivity contribution in [2.45, 2.75) is 75.5 Å². The topological polar surface area (TPSA) is 98.7 Å². The van der Waals surface area contributed by atoms with Gasteiger partial charge in [-0.25, -0.2) is 0 Å². The second-order valence-corrected chi connectivity index (χ2v) is 12.0. The summed E-state index contributed by atoms with van der Waals surface area (Å²) in [5.41, 5.74) is 2.71. The van der Waals surface area contributed by atoms with Gasteiger partial charge in [0.1, 0.15) is 6.04 Å². The van der Waals surface area contributed by atoms with Crippen LogP contribution in [0.5, 0.6) is 0 Å². The molecule has 0 radical (unpaired) electrons. The molecule has 33 heavy (non-hydrogen) atoms. The average molecular weight is 474 g/mol. The van der Waals surface area contributed by atoms with E-state index in [0.29, 0.717) is 13.0 Å². The Kier molecular flexibility index (Phi) is 6.29. The van der Waals surface area contributed by atoms with Crippen LogP contribution in [-0.2, 0) is 14.4 Å². The molecule has 3 amide bonds. The summed E-state index contributed by atoms with van der Waals surface area (Å²) in [6.07, 6.45) is 2.29. The number of aryl methyl sites for hydroxylation is 2. The SMILES string of the molecule is CCCNC(=O)[C@H]1[C@H]2C(=O)N([C@H](C)CO)C(C(=O)Nc3cc(C)ccc3C)C23CC[C@]1(C)S3. The maximum atomic E-state index is 13.8. The summed E-state index contributed by atoms with van der Waals surface area (Å²) in [5.74, 6) is -1.58. The molecule has 1 spiro atoms. The number of nitrogens with zero attached hydrogens (tertiary/aromatic N) is 1. The van der Waals surface area contributed by atoms with Crippen LogP contribution in [0, 0.1) is 25.7 Å².